The summed E-state index contributed by atoms with van der Waals surface area (Å²) in [7, 11) is 0. The number of likely N-dealkylation sites (tertiary alicyclic amines) is 1. The van der Waals surface area contributed by atoms with Crippen LogP contribution in [0.5, 0.6) is 5.75 Å². The zero-order valence-electron chi connectivity index (χ0n) is 17.4. The van der Waals surface area contributed by atoms with Gasteiger partial charge in [0.05, 0.1) is 15.7 Å². The Hall–Kier alpha value is -3.50. The molecule has 2 aromatic carbocycles. The largest absolute Gasteiger partial charge is 0.492 e. The third kappa shape index (κ3) is 4.41. The molecule has 0 radical (unpaired) electrons. The molecule has 1 fully saturated rings. The molecule has 32 heavy (non-hydrogen) atoms. The normalized spacial score (nSPS) is 14.1. The van der Waals surface area contributed by atoms with Crippen molar-refractivity contribution in [2.24, 2.45) is 0 Å². The number of fused-ring (bicyclic) bond motifs is 1. The molecule has 1 aliphatic heterocycles. The van der Waals surface area contributed by atoms with Gasteiger partial charge in [0.25, 0.3) is 5.91 Å². The number of hydrogen-bond acceptors (Lipinski definition) is 9. The Morgan fingerprint density at radius 3 is 2.78 bits per heavy atom. The Kier molecular flexibility index (Phi) is 5.70. The molecule has 4 aromatic rings. The SMILES string of the molecule is Nc1nc(Nc2ccc(OCCN3CCCC3)cc2)nn1C(=O)c1ccc2ncsc2c1. The fourth-order valence-corrected chi connectivity index (χ4v) is 4.42. The summed E-state index contributed by atoms with van der Waals surface area (Å²) >= 11 is 1.47. The third-order valence-electron chi connectivity index (χ3n) is 5.39. The van der Waals surface area contributed by atoms with Gasteiger partial charge in [0.1, 0.15) is 12.4 Å². The highest BCUT2D eigenvalue weighted by Gasteiger charge is 2.17. The summed E-state index contributed by atoms with van der Waals surface area (Å²) in [5.41, 5.74) is 9.79. The van der Waals surface area contributed by atoms with Crippen LogP contribution in [0.15, 0.2) is 48.0 Å². The highest BCUT2D eigenvalue weighted by atomic mass is 32.1. The molecule has 2 aromatic heterocycles. The molecule has 3 N–H and O–H groups in total. The minimum absolute atomic E-state index is 0.0174. The van der Waals surface area contributed by atoms with E-state index in [9.17, 15) is 4.79 Å². The number of nitrogen functional groups attached to an aromatic ring is 1. The summed E-state index contributed by atoms with van der Waals surface area (Å²) in [6, 6.07) is 12.8. The summed E-state index contributed by atoms with van der Waals surface area (Å²) in [6.07, 6.45) is 2.56. The number of nitrogens with zero attached hydrogens (tertiary/aromatic N) is 5. The van der Waals surface area contributed by atoms with Crippen molar-refractivity contribution in [3.05, 3.63) is 53.5 Å². The van der Waals surface area contributed by atoms with Gasteiger partial charge in [-0.05, 0) is 68.4 Å². The van der Waals surface area contributed by atoms with E-state index in [0.29, 0.717) is 12.2 Å². The van der Waals surface area contributed by atoms with Crippen LogP contribution in [0.3, 0.4) is 0 Å². The Morgan fingerprint density at radius 2 is 1.97 bits per heavy atom. The van der Waals surface area contributed by atoms with Crippen molar-refractivity contribution in [1.29, 1.82) is 0 Å². The van der Waals surface area contributed by atoms with E-state index in [1.807, 2.05) is 24.3 Å². The van der Waals surface area contributed by atoms with Crippen molar-refractivity contribution in [2.45, 2.75) is 12.8 Å². The molecule has 1 aliphatic rings. The maximum absolute atomic E-state index is 12.9. The monoisotopic (exact) mass is 449 g/mol. The first kappa shape index (κ1) is 20.4. The Morgan fingerprint density at radius 1 is 1.16 bits per heavy atom. The lowest BCUT2D eigenvalue weighted by Crippen LogP contribution is -2.25. The van der Waals surface area contributed by atoms with Crippen molar-refractivity contribution in [1.82, 2.24) is 24.6 Å². The number of carbonyl (C=O) groups excluding carboxylic acids is 1. The number of hydrogen-bond donors (Lipinski definition) is 2. The van der Waals surface area contributed by atoms with E-state index in [1.165, 1.54) is 24.2 Å². The third-order valence-corrected chi connectivity index (χ3v) is 6.18. The first-order chi connectivity index (χ1) is 15.7. The molecular formula is C22H23N7O2S. The Labute approximate surface area is 188 Å². The molecule has 0 saturated carbocycles. The van der Waals surface area contributed by atoms with Gasteiger partial charge >= 0.3 is 0 Å². The lowest BCUT2D eigenvalue weighted by Gasteiger charge is -2.15. The number of benzene rings is 2. The summed E-state index contributed by atoms with van der Waals surface area (Å²) in [6.45, 7) is 3.95. The van der Waals surface area contributed by atoms with Gasteiger partial charge < -0.3 is 15.8 Å². The molecule has 5 rings (SSSR count). The van der Waals surface area contributed by atoms with Gasteiger partial charge in [0, 0.05) is 17.8 Å². The molecular weight excluding hydrogens is 426 g/mol. The van der Waals surface area contributed by atoms with Crippen molar-refractivity contribution < 1.29 is 9.53 Å². The number of thiazole rings is 1. The first-order valence-corrected chi connectivity index (χ1v) is 11.4. The van der Waals surface area contributed by atoms with Crippen molar-refractivity contribution in [3.63, 3.8) is 0 Å². The Balaban J connectivity index is 1.22. The predicted molar refractivity (Wildman–Crippen MR) is 125 cm³/mol. The van der Waals surface area contributed by atoms with Crippen LogP contribution in [0.4, 0.5) is 17.6 Å². The zero-order valence-corrected chi connectivity index (χ0v) is 18.2. The average Bonchev–Trinajstić information content (AvgIpc) is 3.55. The molecule has 0 amide bonds. The second-order valence-electron chi connectivity index (χ2n) is 7.59. The summed E-state index contributed by atoms with van der Waals surface area (Å²) < 4.78 is 7.85. The molecule has 3 heterocycles. The molecule has 164 valence electrons. The lowest BCUT2D eigenvalue weighted by atomic mass is 10.2. The van der Waals surface area contributed by atoms with Crippen LogP contribution in [-0.2, 0) is 0 Å². The van der Waals surface area contributed by atoms with Crippen LogP contribution >= 0.6 is 11.3 Å². The van der Waals surface area contributed by atoms with Gasteiger partial charge in [0.2, 0.25) is 11.9 Å². The van der Waals surface area contributed by atoms with E-state index in [4.69, 9.17) is 10.5 Å². The number of anilines is 3. The van der Waals surface area contributed by atoms with Crippen molar-refractivity contribution in [2.75, 3.05) is 37.3 Å². The summed E-state index contributed by atoms with van der Waals surface area (Å²) in [4.78, 5) is 23.7. The van der Waals surface area contributed by atoms with E-state index in [1.54, 1.807) is 23.7 Å². The van der Waals surface area contributed by atoms with Crippen LogP contribution < -0.4 is 15.8 Å². The maximum atomic E-state index is 12.9. The number of nitrogens with one attached hydrogen (secondary N) is 1. The Bertz CT molecular complexity index is 1230. The highest BCUT2D eigenvalue weighted by molar-refractivity contribution is 7.16. The number of aromatic nitrogens is 4. The van der Waals surface area contributed by atoms with Gasteiger partial charge in [0.15, 0.2) is 0 Å². The fourth-order valence-electron chi connectivity index (χ4n) is 3.70. The lowest BCUT2D eigenvalue weighted by molar-refractivity contribution is 0.0948. The van der Waals surface area contributed by atoms with Gasteiger partial charge in [-0.1, -0.05) is 0 Å². The van der Waals surface area contributed by atoms with Crippen LogP contribution in [0, 0.1) is 0 Å². The van der Waals surface area contributed by atoms with Gasteiger partial charge in [-0.15, -0.1) is 16.4 Å². The van der Waals surface area contributed by atoms with Crippen LogP contribution in [-0.4, -0.2) is 56.8 Å². The molecule has 10 heteroatoms. The van der Waals surface area contributed by atoms with Gasteiger partial charge in [-0.2, -0.15) is 9.67 Å². The molecule has 0 aliphatic carbocycles. The van der Waals surface area contributed by atoms with Crippen molar-refractivity contribution >= 4 is 45.0 Å². The molecule has 1 saturated heterocycles. The van der Waals surface area contributed by atoms with E-state index in [-0.39, 0.29) is 17.8 Å². The van der Waals surface area contributed by atoms with Gasteiger partial charge in [-0.25, -0.2) is 4.98 Å². The minimum atomic E-state index is -0.347. The van der Waals surface area contributed by atoms with Gasteiger partial charge in [-0.3, -0.25) is 9.69 Å². The maximum Gasteiger partial charge on any atom is 0.281 e. The van der Waals surface area contributed by atoms with Crippen LogP contribution in [0.1, 0.15) is 23.2 Å². The van der Waals surface area contributed by atoms with E-state index in [0.717, 1.165) is 46.0 Å². The van der Waals surface area contributed by atoms with Crippen LogP contribution in [0.2, 0.25) is 0 Å². The first-order valence-electron chi connectivity index (χ1n) is 10.5. The topological polar surface area (TPSA) is 111 Å². The fraction of sp³-hybridized carbons (Fsp3) is 0.273. The highest BCUT2D eigenvalue weighted by Crippen LogP contribution is 2.22. The second kappa shape index (κ2) is 8.93. The standard InChI is InChI=1S/C22H23N7O2S/c23-21-26-22(27-29(21)20(30)15-3-8-18-19(13-15)32-14-24-18)25-16-4-6-17(7-5-16)31-12-11-28-9-1-2-10-28/h3-8,13-14H,1-2,9-12H2,(H3,23,25,26,27). The molecule has 0 atom stereocenters. The van der Waals surface area contributed by atoms with E-state index < -0.39 is 0 Å². The molecule has 9 nitrogen and oxygen atoms in total. The smallest absolute Gasteiger partial charge is 0.281 e. The number of carbonyl (C=O) groups is 1. The molecule has 0 bridgehead atoms. The minimum Gasteiger partial charge on any atom is -0.492 e. The molecule has 0 spiro atoms. The molecule has 0 unspecified atom stereocenters. The quantitative estimate of drug-likeness (QED) is 0.442. The zero-order chi connectivity index (χ0) is 21.9. The van der Waals surface area contributed by atoms with Crippen LogP contribution in [0.25, 0.3) is 10.2 Å². The number of ether oxygens (including phenoxy) is 1. The average molecular weight is 450 g/mol. The summed E-state index contributed by atoms with van der Waals surface area (Å²) in [5.74, 6) is 0.725. The van der Waals surface area contributed by atoms with E-state index in [2.05, 4.69) is 25.3 Å². The number of nitrogens with two attached hydrogens (primary N) is 1. The van der Waals surface area contributed by atoms with E-state index >= 15 is 0 Å². The predicted octanol–water partition coefficient (Wildman–Crippen LogP) is 3.38. The summed E-state index contributed by atoms with van der Waals surface area (Å²) in [5, 5.41) is 7.31. The second-order valence-corrected chi connectivity index (χ2v) is 8.48. The number of rotatable bonds is 7. The van der Waals surface area contributed by atoms with Crippen molar-refractivity contribution in [3.8, 4) is 5.75 Å².